The van der Waals surface area contributed by atoms with Gasteiger partial charge in [-0.25, -0.2) is 0 Å². The summed E-state index contributed by atoms with van der Waals surface area (Å²) in [5.41, 5.74) is 6.47. The second-order valence-corrected chi connectivity index (χ2v) is 4.91. The third-order valence-electron chi connectivity index (χ3n) is 3.45. The summed E-state index contributed by atoms with van der Waals surface area (Å²) in [7, 11) is 0. The Kier molecular flexibility index (Phi) is 4.55. The highest BCUT2D eigenvalue weighted by Gasteiger charge is 2.17. The van der Waals surface area contributed by atoms with Crippen molar-refractivity contribution in [2.75, 3.05) is 0 Å². The first kappa shape index (κ1) is 13.6. The number of amides is 2. The van der Waals surface area contributed by atoms with Crippen LogP contribution in [-0.4, -0.2) is 17.9 Å². The zero-order valence-corrected chi connectivity index (χ0v) is 10.9. The molecule has 0 unspecified atom stereocenters. The number of carbonyl (C=O) groups excluding carboxylic acids is 2. The minimum absolute atomic E-state index is 0.00572. The molecule has 1 fully saturated rings. The van der Waals surface area contributed by atoms with Crippen LogP contribution in [0.4, 0.5) is 0 Å². The van der Waals surface area contributed by atoms with Gasteiger partial charge in [0.25, 0.3) is 0 Å². The van der Waals surface area contributed by atoms with Gasteiger partial charge in [0.05, 0.1) is 0 Å². The molecule has 1 aliphatic rings. The summed E-state index contributed by atoms with van der Waals surface area (Å²) < 4.78 is 0. The standard InChI is InChI=1S/C15H19N2O2/c16-15(19)13-8-4-1-5-11(13)9-10-14(18)17-12-6-2-3-7-12/h1,4-5,8-9,12H,2-3,6-7,10H2,(H2,16,19)(H,17,18). The summed E-state index contributed by atoms with van der Waals surface area (Å²) >= 11 is 0. The molecule has 101 valence electrons. The number of rotatable bonds is 5. The van der Waals surface area contributed by atoms with Gasteiger partial charge in [0, 0.05) is 24.4 Å². The van der Waals surface area contributed by atoms with E-state index in [1.807, 2.05) is 6.07 Å². The van der Waals surface area contributed by atoms with Gasteiger partial charge in [0.15, 0.2) is 0 Å². The number of benzene rings is 1. The van der Waals surface area contributed by atoms with Crippen LogP contribution in [0.3, 0.4) is 0 Å². The van der Waals surface area contributed by atoms with Crippen LogP contribution in [0.1, 0.15) is 48.0 Å². The van der Waals surface area contributed by atoms with Crippen LogP contribution in [0.15, 0.2) is 24.3 Å². The smallest absolute Gasteiger partial charge is 0.248 e. The summed E-state index contributed by atoms with van der Waals surface area (Å²) in [6, 6.07) is 7.38. The maximum atomic E-state index is 11.8. The lowest BCUT2D eigenvalue weighted by atomic mass is 10.0. The van der Waals surface area contributed by atoms with Crippen molar-refractivity contribution in [3.8, 4) is 0 Å². The van der Waals surface area contributed by atoms with E-state index in [2.05, 4.69) is 5.32 Å². The molecule has 4 heteroatoms. The molecule has 1 aliphatic carbocycles. The van der Waals surface area contributed by atoms with Crippen LogP contribution in [0.25, 0.3) is 0 Å². The van der Waals surface area contributed by atoms with E-state index in [-0.39, 0.29) is 12.3 Å². The number of carbonyl (C=O) groups is 2. The highest BCUT2D eigenvalue weighted by atomic mass is 16.2. The van der Waals surface area contributed by atoms with Crippen molar-refractivity contribution in [2.45, 2.75) is 38.1 Å². The minimum atomic E-state index is -0.469. The second kappa shape index (κ2) is 6.36. The number of nitrogens with two attached hydrogens (primary N) is 1. The fourth-order valence-corrected chi connectivity index (χ4v) is 2.46. The monoisotopic (exact) mass is 259 g/mol. The van der Waals surface area contributed by atoms with E-state index >= 15 is 0 Å². The van der Waals surface area contributed by atoms with Gasteiger partial charge in [-0.05, 0) is 24.5 Å². The predicted molar refractivity (Wildman–Crippen MR) is 73.4 cm³/mol. The summed E-state index contributed by atoms with van der Waals surface area (Å²) in [6.45, 7) is 0. The summed E-state index contributed by atoms with van der Waals surface area (Å²) in [4.78, 5) is 23.0. The van der Waals surface area contributed by atoms with E-state index in [4.69, 9.17) is 5.73 Å². The topological polar surface area (TPSA) is 72.2 Å². The van der Waals surface area contributed by atoms with E-state index in [0.717, 1.165) is 18.4 Å². The van der Waals surface area contributed by atoms with Gasteiger partial charge in [0.2, 0.25) is 11.8 Å². The number of hydrogen-bond donors (Lipinski definition) is 2. The number of hydrogen-bond acceptors (Lipinski definition) is 2. The molecule has 1 saturated carbocycles. The largest absolute Gasteiger partial charge is 0.366 e. The number of primary amides is 1. The van der Waals surface area contributed by atoms with E-state index in [9.17, 15) is 9.59 Å². The average Bonchev–Trinajstić information content (AvgIpc) is 2.89. The zero-order valence-electron chi connectivity index (χ0n) is 10.9. The van der Waals surface area contributed by atoms with Crippen LogP contribution in [0.2, 0.25) is 0 Å². The Morgan fingerprint density at radius 2 is 1.95 bits per heavy atom. The van der Waals surface area contributed by atoms with Crippen LogP contribution in [0.5, 0.6) is 0 Å². The van der Waals surface area contributed by atoms with Crippen molar-refractivity contribution < 1.29 is 9.59 Å². The lowest BCUT2D eigenvalue weighted by molar-refractivity contribution is -0.121. The maximum absolute atomic E-state index is 11.8. The lowest BCUT2D eigenvalue weighted by Crippen LogP contribution is -2.32. The van der Waals surface area contributed by atoms with Crippen molar-refractivity contribution in [1.82, 2.24) is 5.32 Å². The molecule has 2 rings (SSSR count). The van der Waals surface area contributed by atoms with Gasteiger partial charge in [0.1, 0.15) is 0 Å². The van der Waals surface area contributed by atoms with Gasteiger partial charge in [-0.15, -0.1) is 0 Å². The molecule has 1 aromatic rings. The lowest BCUT2D eigenvalue weighted by Gasteiger charge is -2.12. The molecular weight excluding hydrogens is 240 g/mol. The normalized spacial score (nSPS) is 15.4. The third kappa shape index (κ3) is 3.81. The van der Waals surface area contributed by atoms with Crippen LogP contribution >= 0.6 is 0 Å². The molecular formula is C15H19N2O2. The Morgan fingerprint density at radius 1 is 1.26 bits per heavy atom. The summed E-state index contributed by atoms with van der Waals surface area (Å²) in [6.07, 6.45) is 6.57. The molecule has 2 amide bonds. The first-order chi connectivity index (χ1) is 9.16. The van der Waals surface area contributed by atoms with Crippen LogP contribution in [-0.2, 0) is 4.79 Å². The molecule has 0 aromatic heterocycles. The van der Waals surface area contributed by atoms with Crippen molar-refractivity contribution in [3.05, 3.63) is 41.8 Å². The Labute approximate surface area is 113 Å². The average molecular weight is 259 g/mol. The molecule has 0 saturated heterocycles. The molecule has 0 aliphatic heterocycles. The van der Waals surface area contributed by atoms with Crippen LogP contribution in [0, 0.1) is 6.42 Å². The quantitative estimate of drug-likeness (QED) is 0.846. The zero-order chi connectivity index (χ0) is 13.7. The van der Waals surface area contributed by atoms with E-state index in [1.54, 1.807) is 24.6 Å². The molecule has 0 spiro atoms. The van der Waals surface area contributed by atoms with Gasteiger partial charge in [-0.1, -0.05) is 31.0 Å². The highest BCUT2D eigenvalue weighted by Crippen LogP contribution is 2.18. The fourth-order valence-electron chi connectivity index (χ4n) is 2.46. The maximum Gasteiger partial charge on any atom is 0.248 e. The van der Waals surface area contributed by atoms with Crippen molar-refractivity contribution >= 4 is 11.8 Å². The van der Waals surface area contributed by atoms with Crippen molar-refractivity contribution in [2.24, 2.45) is 5.73 Å². The summed E-state index contributed by atoms with van der Waals surface area (Å²) in [5, 5.41) is 3.01. The molecule has 1 radical (unpaired) electrons. The number of nitrogens with one attached hydrogen (secondary N) is 1. The van der Waals surface area contributed by atoms with Crippen molar-refractivity contribution in [1.29, 1.82) is 0 Å². The Morgan fingerprint density at radius 3 is 2.63 bits per heavy atom. The first-order valence-electron chi connectivity index (χ1n) is 6.68. The second-order valence-electron chi connectivity index (χ2n) is 4.91. The Bertz CT molecular complexity index is 465. The highest BCUT2D eigenvalue weighted by molar-refractivity contribution is 5.95. The van der Waals surface area contributed by atoms with E-state index in [1.165, 1.54) is 12.8 Å². The SMILES string of the molecule is NC(=O)c1ccccc1[CH]CC(=O)NC1CCCC1. The van der Waals surface area contributed by atoms with Gasteiger partial charge < -0.3 is 11.1 Å². The fraction of sp³-hybridized carbons (Fsp3) is 0.400. The molecule has 1 aromatic carbocycles. The summed E-state index contributed by atoms with van der Waals surface area (Å²) in [5.74, 6) is -0.464. The first-order valence-corrected chi connectivity index (χ1v) is 6.68. The molecule has 19 heavy (non-hydrogen) atoms. The molecule has 0 bridgehead atoms. The van der Waals surface area contributed by atoms with Gasteiger partial charge in [-0.2, -0.15) is 0 Å². The Balaban J connectivity index is 1.87. The van der Waals surface area contributed by atoms with Gasteiger partial charge >= 0.3 is 0 Å². The Hall–Kier alpha value is -1.84. The van der Waals surface area contributed by atoms with E-state index in [0.29, 0.717) is 11.6 Å². The minimum Gasteiger partial charge on any atom is -0.366 e. The molecule has 3 N–H and O–H groups in total. The molecule has 4 nitrogen and oxygen atoms in total. The molecule has 0 heterocycles. The van der Waals surface area contributed by atoms with Crippen molar-refractivity contribution in [3.63, 3.8) is 0 Å². The van der Waals surface area contributed by atoms with Gasteiger partial charge in [-0.3, -0.25) is 9.59 Å². The van der Waals surface area contributed by atoms with Crippen LogP contribution < -0.4 is 11.1 Å². The predicted octanol–water partition coefficient (Wildman–Crippen LogP) is 1.79. The molecule has 0 atom stereocenters. The van der Waals surface area contributed by atoms with E-state index < -0.39 is 5.91 Å². The third-order valence-corrected chi connectivity index (χ3v) is 3.45.